The number of rotatable bonds is 5. The van der Waals surface area contributed by atoms with Gasteiger partial charge in [0.1, 0.15) is 11.9 Å². The lowest BCUT2D eigenvalue weighted by Crippen LogP contribution is -2.43. The summed E-state index contributed by atoms with van der Waals surface area (Å²) in [4.78, 5) is 23.3. The molecule has 29 heavy (non-hydrogen) atoms. The van der Waals surface area contributed by atoms with Gasteiger partial charge in [-0.1, -0.05) is 24.3 Å². The summed E-state index contributed by atoms with van der Waals surface area (Å²) in [6, 6.07) is 15.0. The van der Waals surface area contributed by atoms with Crippen LogP contribution >= 0.6 is 0 Å². The average Bonchev–Trinajstić information content (AvgIpc) is 2.76. The quantitative estimate of drug-likeness (QED) is 0.707. The maximum absolute atomic E-state index is 12.6. The zero-order valence-corrected chi connectivity index (χ0v) is 16.4. The van der Waals surface area contributed by atoms with Gasteiger partial charge in [0, 0.05) is 25.9 Å². The van der Waals surface area contributed by atoms with Crippen LogP contribution < -0.4 is 14.8 Å². The molecule has 3 aromatic rings. The number of nitrogens with one attached hydrogen (secondary N) is 1. The van der Waals surface area contributed by atoms with Gasteiger partial charge in [-0.25, -0.2) is 14.8 Å². The van der Waals surface area contributed by atoms with Gasteiger partial charge in [-0.3, -0.25) is 0 Å². The second kappa shape index (κ2) is 8.77. The van der Waals surface area contributed by atoms with Crippen molar-refractivity contribution in [3.8, 4) is 11.6 Å². The fraction of sp³-hybridized carbons (Fsp3) is 0.318. The second-order valence-corrected chi connectivity index (χ2v) is 6.86. The first kappa shape index (κ1) is 19.0. The third-order valence-electron chi connectivity index (χ3n) is 4.87. The van der Waals surface area contributed by atoms with Crippen molar-refractivity contribution in [1.29, 1.82) is 0 Å². The van der Waals surface area contributed by atoms with Crippen LogP contribution in [0.4, 0.5) is 10.5 Å². The lowest BCUT2D eigenvalue weighted by Gasteiger charge is -2.32. The van der Waals surface area contributed by atoms with E-state index in [1.165, 1.54) is 0 Å². The number of benzene rings is 2. The van der Waals surface area contributed by atoms with Gasteiger partial charge in [-0.05, 0) is 31.2 Å². The molecule has 7 nitrogen and oxygen atoms in total. The lowest BCUT2D eigenvalue weighted by molar-refractivity contribution is 0.111. The fourth-order valence-corrected chi connectivity index (χ4v) is 3.39. The van der Waals surface area contributed by atoms with Crippen molar-refractivity contribution < 1.29 is 14.3 Å². The molecular formula is C22H24N4O3. The van der Waals surface area contributed by atoms with Crippen LogP contribution in [0.25, 0.3) is 11.0 Å². The molecule has 0 bridgehead atoms. The molecule has 2 amide bonds. The summed E-state index contributed by atoms with van der Waals surface area (Å²) in [6.45, 7) is 3.71. The molecule has 0 atom stereocenters. The number of carbonyl (C=O) groups is 1. The van der Waals surface area contributed by atoms with Crippen LogP contribution in [-0.4, -0.2) is 46.7 Å². The largest absolute Gasteiger partial charge is 0.492 e. The molecule has 150 valence electrons. The number of aromatic nitrogens is 2. The number of carbonyl (C=O) groups excluding carboxylic acids is 1. The normalized spacial score (nSPS) is 14.6. The second-order valence-electron chi connectivity index (χ2n) is 6.86. The topological polar surface area (TPSA) is 76.6 Å². The van der Waals surface area contributed by atoms with Gasteiger partial charge in [-0.2, -0.15) is 0 Å². The standard InChI is InChI=1S/C22H24N4O3/c1-2-28-20-10-6-5-9-19(20)25-22(27)26-13-11-16(12-14-26)29-21-15-23-17-7-3-4-8-18(17)24-21/h3-10,15-16H,2,11-14H2,1H3,(H,25,27). The van der Waals surface area contributed by atoms with Gasteiger partial charge < -0.3 is 19.7 Å². The highest BCUT2D eigenvalue weighted by Crippen LogP contribution is 2.25. The Hall–Kier alpha value is -3.35. The van der Waals surface area contributed by atoms with Crippen LogP contribution in [0.3, 0.4) is 0 Å². The molecule has 1 N–H and O–H groups in total. The Labute approximate surface area is 169 Å². The van der Waals surface area contributed by atoms with Crippen LogP contribution in [0.2, 0.25) is 0 Å². The van der Waals surface area contributed by atoms with Crippen molar-refractivity contribution in [2.45, 2.75) is 25.9 Å². The molecule has 0 unspecified atom stereocenters. The first-order valence-corrected chi connectivity index (χ1v) is 9.89. The van der Waals surface area contributed by atoms with Crippen molar-refractivity contribution in [3.05, 3.63) is 54.7 Å². The Morgan fingerprint density at radius 3 is 2.62 bits per heavy atom. The number of likely N-dealkylation sites (tertiary alicyclic amines) is 1. The van der Waals surface area contributed by atoms with Crippen molar-refractivity contribution in [3.63, 3.8) is 0 Å². The third kappa shape index (κ3) is 4.56. The van der Waals surface area contributed by atoms with Gasteiger partial charge in [0.05, 0.1) is 29.5 Å². The maximum Gasteiger partial charge on any atom is 0.321 e. The molecule has 0 saturated carbocycles. The summed E-state index contributed by atoms with van der Waals surface area (Å²) in [5.41, 5.74) is 2.35. The van der Waals surface area contributed by atoms with Crippen LogP contribution in [0, 0.1) is 0 Å². The molecule has 2 aromatic carbocycles. The molecule has 7 heteroatoms. The van der Waals surface area contributed by atoms with E-state index in [9.17, 15) is 4.79 Å². The van der Waals surface area contributed by atoms with E-state index in [4.69, 9.17) is 9.47 Å². The molecule has 1 saturated heterocycles. The fourth-order valence-electron chi connectivity index (χ4n) is 3.39. The predicted molar refractivity (Wildman–Crippen MR) is 111 cm³/mol. The summed E-state index contributed by atoms with van der Waals surface area (Å²) in [7, 11) is 0. The highest BCUT2D eigenvalue weighted by molar-refractivity contribution is 5.91. The number of amides is 2. The molecule has 1 aliphatic rings. The van der Waals surface area contributed by atoms with Crippen molar-refractivity contribution in [1.82, 2.24) is 14.9 Å². The summed E-state index contributed by atoms with van der Waals surface area (Å²) in [5.74, 6) is 1.20. The molecule has 1 aliphatic heterocycles. The monoisotopic (exact) mass is 392 g/mol. The van der Waals surface area contributed by atoms with E-state index in [0.29, 0.717) is 37.0 Å². The predicted octanol–water partition coefficient (Wildman–Crippen LogP) is 4.10. The van der Waals surface area contributed by atoms with E-state index in [-0.39, 0.29) is 12.1 Å². The third-order valence-corrected chi connectivity index (χ3v) is 4.87. The highest BCUT2D eigenvalue weighted by Gasteiger charge is 2.25. The van der Waals surface area contributed by atoms with Crippen molar-refractivity contribution in [2.24, 2.45) is 0 Å². The number of hydrogen-bond donors (Lipinski definition) is 1. The minimum absolute atomic E-state index is 0.0187. The smallest absolute Gasteiger partial charge is 0.321 e. The van der Waals surface area contributed by atoms with Gasteiger partial charge >= 0.3 is 6.03 Å². The molecular weight excluding hydrogens is 368 g/mol. The zero-order chi connectivity index (χ0) is 20.1. The van der Waals surface area contributed by atoms with Gasteiger partial charge in [0.2, 0.25) is 5.88 Å². The van der Waals surface area contributed by atoms with Gasteiger partial charge in [-0.15, -0.1) is 0 Å². The summed E-state index contributed by atoms with van der Waals surface area (Å²) in [5, 5.41) is 2.95. The lowest BCUT2D eigenvalue weighted by atomic mass is 10.1. The van der Waals surface area contributed by atoms with E-state index in [0.717, 1.165) is 23.9 Å². The van der Waals surface area contributed by atoms with E-state index < -0.39 is 0 Å². The van der Waals surface area contributed by atoms with Crippen LogP contribution in [0.1, 0.15) is 19.8 Å². The average molecular weight is 392 g/mol. The Morgan fingerprint density at radius 1 is 1.10 bits per heavy atom. The minimum atomic E-state index is -0.124. The maximum atomic E-state index is 12.6. The Bertz CT molecular complexity index is 986. The number of para-hydroxylation sites is 4. The van der Waals surface area contributed by atoms with Crippen LogP contribution in [0.15, 0.2) is 54.7 Å². The number of ether oxygens (including phenoxy) is 2. The Kier molecular flexibility index (Phi) is 5.74. The number of hydrogen-bond acceptors (Lipinski definition) is 5. The molecule has 4 rings (SSSR count). The summed E-state index contributed by atoms with van der Waals surface area (Å²) in [6.07, 6.45) is 3.17. The summed E-state index contributed by atoms with van der Waals surface area (Å²) >= 11 is 0. The van der Waals surface area contributed by atoms with E-state index in [2.05, 4.69) is 15.3 Å². The molecule has 0 radical (unpaired) electrons. The number of piperidine rings is 1. The first-order chi connectivity index (χ1) is 14.2. The van der Waals surface area contributed by atoms with Crippen molar-refractivity contribution >= 4 is 22.8 Å². The molecule has 0 spiro atoms. The van der Waals surface area contributed by atoms with E-state index in [1.54, 1.807) is 11.1 Å². The summed E-state index contributed by atoms with van der Waals surface area (Å²) < 4.78 is 11.6. The molecule has 1 aromatic heterocycles. The minimum Gasteiger partial charge on any atom is -0.492 e. The number of urea groups is 1. The zero-order valence-electron chi connectivity index (χ0n) is 16.4. The van der Waals surface area contributed by atoms with Crippen LogP contribution in [0.5, 0.6) is 11.6 Å². The molecule has 0 aliphatic carbocycles. The van der Waals surface area contributed by atoms with Gasteiger partial charge in [0.25, 0.3) is 0 Å². The highest BCUT2D eigenvalue weighted by atomic mass is 16.5. The Balaban J connectivity index is 1.32. The Morgan fingerprint density at radius 2 is 1.83 bits per heavy atom. The van der Waals surface area contributed by atoms with Crippen LogP contribution in [-0.2, 0) is 0 Å². The molecule has 1 fully saturated rings. The van der Waals surface area contributed by atoms with Crippen molar-refractivity contribution in [2.75, 3.05) is 25.0 Å². The molecule has 2 heterocycles. The number of nitrogens with zero attached hydrogens (tertiary/aromatic N) is 3. The number of fused-ring (bicyclic) bond motifs is 1. The van der Waals surface area contributed by atoms with E-state index >= 15 is 0 Å². The first-order valence-electron chi connectivity index (χ1n) is 9.89. The van der Waals surface area contributed by atoms with E-state index in [1.807, 2.05) is 55.5 Å². The number of anilines is 1. The van der Waals surface area contributed by atoms with Gasteiger partial charge in [0.15, 0.2) is 0 Å². The SMILES string of the molecule is CCOc1ccccc1NC(=O)N1CCC(Oc2cnc3ccccc3n2)CC1.